The molecular weight excluding hydrogens is 307 g/mol. The molecule has 17 heavy (non-hydrogen) atoms. The molecule has 1 N–H and O–H groups in total. The third-order valence-electron chi connectivity index (χ3n) is 2.19. The van der Waals surface area contributed by atoms with Crippen molar-refractivity contribution in [2.75, 3.05) is 0 Å². The first-order chi connectivity index (χ1) is 8.19. The molecule has 2 nitrogen and oxygen atoms in total. The molecule has 0 fully saturated rings. The molecule has 5 heteroatoms. The Hall–Kier alpha value is -0.910. The summed E-state index contributed by atoms with van der Waals surface area (Å²) in [5, 5.41) is 9.09. The van der Waals surface area contributed by atoms with Gasteiger partial charge in [0.1, 0.15) is 18.2 Å². The van der Waals surface area contributed by atoms with Crippen molar-refractivity contribution in [3.05, 3.63) is 50.4 Å². The number of thiophene rings is 1. The number of aliphatic hydroxyl groups excluding tert-OH is 1. The van der Waals surface area contributed by atoms with E-state index in [0.29, 0.717) is 17.9 Å². The van der Waals surface area contributed by atoms with Crippen LogP contribution in [-0.2, 0) is 13.2 Å². The Bertz CT molecular complexity index is 513. The summed E-state index contributed by atoms with van der Waals surface area (Å²) in [7, 11) is 0. The first-order valence-corrected chi connectivity index (χ1v) is 6.56. The summed E-state index contributed by atoms with van der Waals surface area (Å²) in [6.45, 7) is 0.177. The fraction of sp³-hybridized carbons (Fsp3) is 0.167. The molecule has 90 valence electrons. The smallest absolute Gasteiger partial charge is 0.125 e. The number of aliphatic hydroxyl groups is 1. The lowest BCUT2D eigenvalue weighted by Crippen LogP contribution is -1.97. The Morgan fingerprint density at radius 1 is 1.29 bits per heavy atom. The molecule has 0 saturated carbocycles. The van der Waals surface area contributed by atoms with Crippen LogP contribution in [0, 0.1) is 5.82 Å². The van der Waals surface area contributed by atoms with E-state index in [1.807, 2.05) is 12.1 Å². The van der Waals surface area contributed by atoms with Gasteiger partial charge in [-0.25, -0.2) is 4.39 Å². The zero-order chi connectivity index (χ0) is 12.3. The molecule has 0 aliphatic carbocycles. The number of ether oxygens (including phenoxy) is 1. The Kier molecular flexibility index (Phi) is 4.15. The minimum atomic E-state index is -0.375. The van der Waals surface area contributed by atoms with E-state index in [0.717, 1.165) is 8.66 Å². The summed E-state index contributed by atoms with van der Waals surface area (Å²) in [6, 6.07) is 8.03. The minimum absolute atomic E-state index is 0.235. The minimum Gasteiger partial charge on any atom is -0.488 e. The van der Waals surface area contributed by atoms with Crippen LogP contribution in [0.2, 0.25) is 0 Å². The lowest BCUT2D eigenvalue weighted by atomic mass is 10.2. The van der Waals surface area contributed by atoms with Gasteiger partial charge < -0.3 is 9.84 Å². The zero-order valence-electron chi connectivity index (χ0n) is 8.82. The summed E-state index contributed by atoms with van der Waals surface area (Å²) < 4.78 is 19.5. The first-order valence-electron chi connectivity index (χ1n) is 4.95. The van der Waals surface area contributed by atoms with Crippen molar-refractivity contribution in [3.8, 4) is 5.75 Å². The maximum atomic E-state index is 12.9. The predicted molar refractivity (Wildman–Crippen MR) is 68.7 cm³/mol. The van der Waals surface area contributed by atoms with E-state index in [1.54, 1.807) is 11.3 Å². The van der Waals surface area contributed by atoms with Gasteiger partial charge >= 0.3 is 0 Å². The average Bonchev–Trinajstić information content (AvgIpc) is 2.73. The quantitative estimate of drug-likeness (QED) is 0.931. The highest BCUT2D eigenvalue weighted by molar-refractivity contribution is 9.11. The van der Waals surface area contributed by atoms with Crippen LogP contribution in [0.3, 0.4) is 0 Å². The molecular formula is C12H10BrFO2S. The number of hydrogen-bond acceptors (Lipinski definition) is 3. The number of benzene rings is 1. The molecule has 0 atom stereocenters. The predicted octanol–water partition coefficient (Wildman–Crippen LogP) is 3.72. The first kappa shape index (κ1) is 12.5. The Balaban J connectivity index is 2.08. The van der Waals surface area contributed by atoms with E-state index in [2.05, 4.69) is 15.9 Å². The lowest BCUT2D eigenvalue weighted by Gasteiger charge is -2.09. The van der Waals surface area contributed by atoms with Crippen molar-refractivity contribution in [1.29, 1.82) is 0 Å². The molecule has 0 aliphatic rings. The highest BCUT2D eigenvalue weighted by atomic mass is 79.9. The summed E-state index contributed by atoms with van der Waals surface area (Å²) >= 11 is 4.95. The van der Waals surface area contributed by atoms with Gasteiger partial charge in [0.05, 0.1) is 10.4 Å². The topological polar surface area (TPSA) is 29.5 Å². The molecule has 0 spiro atoms. The largest absolute Gasteiger partial charge is 0.488 e. The normalized spacial score (nSPS) is 10.5. The van der Waals surface area contributed by atoms with Gasteiger partial charge in [0.2, 0.25) is 0 Å². The summed E-state index contributed by atoms with van der Waals surface area (Å²) in [6.07, 6.45) is 0. The van der Waals surface area contributed by atoms with Gasteiger partial charge in [-0.1, -0.05) is 0 Å². The molecule has 0 amide bonds. The van der Waals surface area contributed by atoms with Crippen molar-refractivity contribution in [2.45, 2.75) is 13.2 Å². The highest BCUT2D eigenvalue weighted by Crippen LogP contribution is 2.25. The Morgan fingerprint density at radius 2 is 2.12 bits per heavy atom. The van der Waals surface area contributed by atoms with Gasteiger partial charge in [0.15, 0.2) is 0 Å². The average molecular weight is 317 g/mol. The van der Waals surface area contributed by atoms with Crippen LogP contribution in [-0.4, -0.2) is 5.11 Å². The molecule has 2 rings (SSSR count). The van der Waals surface area contributed by atoms with E-state index >= 15 is 0 Å². The summed E-state index contributed by atoms with van der Waals surface area (Å²) in [4.78, 5) is 1.06. The molecule has 0 bridgehead atoms. The van der Waals surface area contributed by atoms with E-state index < -0.39 is 0 Å². The van der Waals surface area contributed by atoms with Crippen molar-refractivity contribution in [2.24, 2.45) is 0 Å². The number of rotatable bonds is 4. The third kappa shape index (κ3) is 3.28. The van der Waals surface area contributed by atoms with E-state index in [9.17, 15) is 4.39 Å². The molecule has 0 unspecified atom stereocenters. The number of halogens is 2. The van der Waals surface area contributed by atoms with Crippen LogP contribution in [0.15, 0.2) is 34.1 Å². The van der Waals surface area contributed by atoms with Crippen LogP contribution in [0.1, 0.15) is 10.4 Å². The molecule has 0 saturated heterocycles. The standard InChI is InChI=1S/C12H10BrFO2S/c13-12-4-2-10(17-12)7-16-11-3-1-9(14)5-8(11)6-15/h1-5,15H,6-7H2. The van der Waals surface area contributed by atoms with Gasteiger partial charge in [-0.2, -0.15) is 0 Å². The molecule has 0 radical (unpaired) electrons. The van der Waals surface area contributed by atoms with Crippen LogP contribution < -0.4 is 4.74 Å². The SMILES string of the molecule is OCc1cc(F)ccc1OCc1ccc(Br)s1. The van der Waals surface area contributed by atoms with E-state index in [1.165, 1.54) is 18.2 Å². The fourth-order valence-corrected chi connectivity index (χ4v) is 2.79. The van der Waals surface area contributed by atoms with Crippen molar-refractivity contribution in [3.63, 3.8) is 0 Å². The zero-order valence-corrected chi connectivity index (χ0v) is 11.2. The Labute approximate surface area is 111 Å². The summed E-state index contributed by atoms with van der Waals surface area (Å²) in [5.74, 6) is 0.138. The van der Waals surface area contributed by atoms with Crippen molar-refractivity contribution < 1.29 is 14.2 Å². The molecule has 2 aromatic rings. The maximum absolute atomic E-state index is 12.9. The van der Waals surface area contributed by atoms with Gasteiger partial charge in [-0.15, -0.1) is 11.3 Å². The number of hydrogen-bond donors (Lipinski definition) is 1. The molecule has 1 heterocycles. The van der Waals surface area contributed by atoms with Crippen LogP contribution in [0.25, 0.3) is 0 Å². The van der Waals surface area contributed by atoms with Crippen LogP contribution >= 0.6 is 27.3 Å². The molecule has 1 aromatic heterocycles. The summed E-state index contributed by atoms with van der Waals surface area (Å²) in [5.41, 5.74) is 0.459. The van der Waals surface area contributed by atoms with Gasteiger partial charge in [0.25, 0.3) is 0 Å². The van der Waals surface area contributed by atoms with Gasteiger partial charge in [0, 0.05) is 10.4 Å². The van der Waals surface area contributed by atoms with E-state index in [-0.39, 0.29) is 12.4 Å². The highest BCUT2D eigenvalue weighted by Gasteiger charge is 2.05. The van der Waals surface area contributed by atoms with Gasteiger partial charge in [-0.05, 0) is 46.3 Å². The van der Waals surface area contributed by atoms with Crippen LogP contribution in [0.4, 0.5) is 4.39 Å². The molecule has 1 aromatic carbocycles. The lowest BCUT2D eigenvalue weighted by molar-refractivity contribution is 0.259. The molecule has 0 aliphatic heterocycles. The fourth-order valence-electron chi connectivity index (χ4n) is 1.39. The Morgan fingerprint density at radius 3 is 2.76 bits per heavy atom. The maximum Gasteiger partial charge on any atom is 0.125 e. The monoisotopic (exact) mass is 316 g/mol. The second kappa shape index (κ2) is 5.62. The van der Waals surface area contributed by atoms with Gasteiger partial charge in [-0.3, -0.25) is 0 Å². The third-order valence-corrected chi connectivity index (χ3v) is 3.79. The van der Waals surface area contributed by atoms with E-state index in [4.69, 9.17) is 9.84 Å². The second-order valence-corrected chi connectivity index (χ2v) is 5.95. The van der Waals surface area contributed by atoms with Crippen LogP contribution in [0.5, 0.6) is 5.75 Å². The van der Waals surface area contributed by atoms with Crippen molar-refractivity contribution in [1.82, 2.24) is 0 Å². The van der Waals surface area contributed by atoms with Crippen molar-refractivity contribution >= 4 is 27.3 Å². The second-order valence-electron chi connectivity index (χ2n) is 3.40.